The lowest BCUT2D eigenvalue weighted by Crippen LogP contribution is -2.32. The highest BCUT2D eigenvalue weighted by Gasteiger charge is 2.40. The number of fused-ring (bicyclic) bond motifs is 1. The van der Waals surface area contributed by atoms with Gasteiger partial charge in [0.05, 0.1) is 34.3 Å². The summed E-state index contributed by atoms with van der Waals surface area (Å²) < 4.78 is 17.1. The predicted octanol–water partition coefficient (Wildman–Crippen LogP) is 5.73. The molecule has 9 heteroatoms. The molecule has 0 saturated heterocycles. The standard InChI is InChI=1S/C25H21N3O5S/c1-14(2)31-16-7-6-8-17(11-16)32-25-26-13-22(34-25)20-12-21(33-27-20)15(3)28-23(29)18-9-4-5-10-19(18)24(28)30/h4-15H,1-3H3. The molecular weight excluding hydrogens is 454 g/mol. The third-order valence-corrected chi connectivity index (χ3v) is 6.17. The molecule has 0 N–H and O–H groups in total. The van der Waals surface area contributed by atoms with Gasteiger partial charge in [0, 0.05) is 12.1 Å². The number of carbonyl (C=O) groups excluding carboxylic acids is 2. The summed E-state index contributed by atoms with van der Waals surface area (Å²) in [6.45, 7) is 5.66. The molecule has 0 bridgehead atoms. The molecule has 0 aliphatic carbocycles. The van der Waals surface area contributed by atoms with Gasteiger partial charge in [-0.3, -0.25) is 14.5 Å². The highest BCUT2D eigenvalue weighted by Crippen LogP contribution is 2.36. The van der Waals surface area contributed by atoms with Gasteiger partial charge in [-0.1, -0.05) is 34.7 Å². The maximum absolute atomic E-state index is 12.8. The summed E-state index contributed by atoms with van der Waals surface area (Å²) in [5, 5.41) is 4.56. The van der Waals surface area contributed by atoms with Crippen molar-refractivity contribution in [2.45, 2.75) is 32.9 Å². The number of rotatable bonds is 7. The van der Waals surface area contributed by atoms with Crippen molar-refractivity contribution in [3.05, 3.63) is 77.7 Å². The fraction of sp³-hybridized carbons (Fsp3) is 0.200. The zero-order chi connectivity index (χ0) is 23.8. The van der Waals surface area contributed by atoms with Crippen LogP contribution in [0, 0.1) is 0 Å². The van der Waals surface area contributed by atoms with Gasteiger partial charge in [-0.25, -0.2) is 4.98 Å². The number of carbonyl (C=O) groups is 2. The maximum Gasteiger partial charge on any atom is 0.279 e. The minimum Gasteiger partial charge on any atom is -0.491 e. The molecule has 0 fully saturated rings. The third kappa shape index (κ3) is 4.06. The zero-order valence-electron chi connectivity index (χ0n) is 18.7. The van der Waals surface area contributed by atoms with E-state index in [2.05, 4.69) is 10.1 Å². The molecule has 1 aliphatic rings. The van der Waals surface area contributed by atoms with Crippen molar-refractivity contribution < 1.29 is 23.6 Å². The molecule has 1 atom stereocenters. The molecule has 34 heavy (non-hydrogen) atoms. The van der Waals surface area contributed by atoms with Gasteiger partial charge in [0.25, 0.3) is 17.0 Å². The molecule has 3 heterocycles. The van der Waals surface area contributed by atoms with E-state index in [1.165, 1.54) is 16.2 Å². The Kier molecular flexibility index (Phi) is 5.62. The Morgan fingerprint density at radius 2 is 1.65 bits per heavy atom. The molecule has 1 aliphatic heterocycles. The van der Waals surface area contributed by atoms with Crippen LogP contribution in [0.2, 0.25) is 0 Å². The van der Waals surface area contributed by atoms with Crippen molar-refractivity contribution in [2.75, 3.05) is 0 Å². The second-order valence-electron chi connectivity index (χ2n) is 8.05. The molecule has 0 radical (unpaired) electrons. The number of imide groups is 1. The van der Waals surface area contributed by atoms with Crippen LogP contribution in [0.3, 0.4) is 0 Å². The molecule has 2 amide bonds. The number of thiazole rings is 1. The first-order valence-electron chi connectivity index (χ1n) is 10.7. The summed E-state index contributed by atoms with van der Waals surface area (Å²) in [6.07, 6.45) is 1.70. The van der Waals surface area contributed by atoms with Crippen molar-refractivity contribution in [1.82, 2.24) is 15.0 Å². The molecule has 4 aromatic rings. The summed E-state index contributed by atoms with van der Waals surface area (Å²) in [5.74, 6) is 1.04. The van der Waals surface area contributed by atoms with E-state index in [4.69, 9.17) is 14.0 Å². The molecule has 1 unspecified atom stereocenters. The average molecular weight is 476 g/mol. The Labute approximate surface area is 199 Å². The van der Waals surface area contributed by atoms with Crippen LogP contribution in [0.1, 0.15) is 53.3 Å². The van der Waals surface area contributed by atoms with E-state index >= 15 is 0 Å². The molecule has 8 nitrogen and oxygen atoms in total. The van der Waals surface area contributed by atoms with Crippen LogP contribution >= 0.6 is 11.3 Å². The molecule has 0 saturated carbocycles. The van der Waals surface area contributed by atoms with Crippen LogP contribution in [-0.4, -0.2) is 33.0 Å². The lowest BCUT2D eigenvalue weighted by Gasteiger charge is -2.19. The molecular formula is C25H21N3O5S. The number of ether oxygens (including phenoxy) is 2. The molecule has 2 aromatic carbocycles. The summed E-state index contributed by atoms with van der Waals surface area (Å²) in [4.78, 5) is 31.8. The van der Waals surface area contributed by atoms with Crippen LogP contribution in [0.15, 0.2) is 65.3 Å². The number of amides is 2. The second-order valence-corrected chi connectivity index (χ2v) is 9.04. The lowest BCUT2D eigenvalue weighted by molar-refractivity contribution is 0.0573. The third-order valence-electron chi connectivity index (χ3n) is 5.27. The van der Waals surface area contributed by atoms with Gasteiger partial charge in [0.2, 0.25) is 0 Å². The Morgan fingerprint density at radius 3 is 2.35 bits per heavy atom. The Balaban J connectivity index is 1.31. The van der Waals surface area contributed by atoms with Gasteiger partial charge in [0.15, 0.2) is 5.76 Å². The number of aromatic nitrogens is 2. The van der Waals surface area contributed by atoms with E-state index < -0.39 is 6.04 Å². The molecule has 5 rings (SSSR count). The van der Waals surface area contributed by atoms with Crippen LogP contribution in [0.4, 0.5) is 0 Å². The Hall–Kier alpha value is -3.98. The monoisotopic (exact) mass is 475 g/mol. The molecule has 0 spiro atoms. The smallest absolute Gasteiger partial charge is 0.279 e. The zero-order valence-corrected chi connectivity index (χ0v) is 19.5. The molecule has 172 valence electrons. The van der Waals surface area contributed by atoms with Crippen molar-refractivity contribution in [1.29, 1.82) is 0 Å². The lowest BCUT2D eigenvalue weighted by atomic mass is 10.1. The molecule has 2 aromatic heterocycles. The number of hydrogen-bond donors (Lipinski definition) is 0. The first kappa shape index (κ1) is 21.8. The topological polar surface area (TPSA) is 94.8 Å². The number of nitrogens with zero attached hydrogens (tertiary/aromatic N) is 3. The van der Waals surface area contributed by atoms with Gasteiger partial charge < -0.3 is 14.0 Å². The number of benzene rings is 2. The first-order chi connectivity index (χ1) is 16.4. The van der Waals surface area contributed by atoms with Crippen LogP contribution in [0.5, 0.6) is 16.7 Å². The largest absolute Gasteiger partial charge is 0.491 e. The van der Waals surface area contributed by atoms with E-state index in [0.717, 1.165) is 4.88 Å². The highest BCUT2D eigenvalue weighted by atomic mass is 32.1. The average Bonchev–Trinajstić information content (AvgIpc) is 3.53. The summed E-state index contributed by atoms with van der Waals surface area (Å²) >= 11 is 1.30. The summed E-state index contributed by atoms with van der Waals surface area (Å²) in [6, 6.07) is 15.2. The second kappa shape index (κ2) is 8.75. The first-order valence-corrected chi connectivity index (χ1v) is 11.6. The van der Waals surface area contributed by atoms with Crippen LogP contribution < -0.4 is 9.47 Å². The van der Waals surface area contributed by atoms with Crippen LogP contribution in [0.25, 0.3) is 10.6 Å². The SMILES string of the molecule is CC(C)Oc1cccc(Oc2ncc(-c3cc(C(C)N4C(=O)c5ccccc5C4=O)on3)s2)c1. The van der Waals surface area contributed by atoms with Gasteiger partial charge in [-0.2, -0.15) is 0 Å². The summed E-state index contributed by atoms with van der Waals surface area (Å²) in [7, 11) is 0. The maximum atomic E-state index is 12.8. The van der Waals surface area contributed by atoms with E-state index in [9.17, 15) is 9.59 Å². The van der Waals surface area contributed by atoms with Crippen molar-refractivity contribution in [3.63, 3.8) is 0 Å². The van der Waals surface area contributed by atoms with Crippen molar-refractivity contribution in [3.8, 4) is 27.3 Å². The van der Waals surface area contributed by atoms with Crippen molar-refractivity contribution in [2.24, 2.45) is 0 Å². The Bertz CT molecular complexity index is 1340. The van der Waals surface area contributed by atoms with Gasteiger partial charge in [-0.05, 0) is 45.0 Å². The highest BCUT2D eigenvalue weighted by molar-refractivity contribution is 7.16. The van der Waals surface area contributed by atoms with Gasteiger partial charge in [0.1, 0.15) is 17.2 Å². The van der Waals surface area contributed by atoms with Gasteiger partial charge in [-0.15, -0.1) is 0 Å². The fourth-order valence-electron chi connectivity index (χ4n) is 3.70. The fourth-order valence-corrected chi connectivity index (χ4v) is 4.43. The number of hydrogen-bond acceptors (Lipinski definition) is 8. The van der Waals surface area contributed by atoms with Crippen LogP contribution in [-0.2, 0) is 0 Å². The van der Waals surface area contributed by atoms with Crippen molar-refractivity contribution >= 4 is 23.2 Å². The Morgan fingerprint density at radius 1 is 0.941 bits per heavy atom. The van der Waals surface area contributed by atoms with Gasteiger partial charge >= 0.3 is 0 Å². The quantitative estimate of drug-likeness (QED) is 0.315. The summed E-state index contributed by atoms with van der Waals surface area (Å²) in [5.41, 5.74) is 1.33. The van der Waals surface area contributed by atoms with E-state index in [-0.39, 0.29) is 17.9 Å². The van der Waals surface area contributed by atoms with E-state index in [1.54, 1.807) is 49.5 Å². The van der Waals surface area contributed by atoms with E-state index in [0.29, 0.717) is 39.3 Å². The predicted molar refractivity (Wildman–Crippen MR) is 125 cm³/mol. The minimum atomic E-state index is -0.610. The normalized spacial score (nSPS) is 13.9. The minimum absolute atomic E-state index is 0.0609. The van der Waals surface area contributed by atoms with E-state index in [1.807, 2.05) is 32.0 Å².